The van der Waals surface area contributed by atoms with E-state index in [-0.39, 0.29) is 65.4 Å². The molecule has 0 spiro atoms. The summed E-state index contributed by atoms with van der Waals surface area (Å²) in [4.78, 5) is 42.3. The van der Waals surface area contributed by atoms with Crippen LogP contribution in [-0.2, 0) is 21.7 Å². The molecule has 152 valence electrons. The zero-order chi connectivity index (χ0) is 21.8. The fourth-order valence-corrected chi connectivity index (χ4v) is 2.37. The average molecular weight is 479 g/mol. The number of anilines is 2. The number of carboxylic acids is 4. The molecule has 0 aliphatic rings. The molecule has 0 saturated carbocycles. The third kappa shape index (κ3) is 6.65. The quantitative estimate of drug-likeness (QED) is 0.280. The van der Waals surface area contributed by atoms with Crippen LogP contribution in [0.15, 0.2) is 24.3 Å². The first-order chi connectivity index (χ1) is 12.9. The first kappa shape index (κ1) is 26.2. The van der Waals surface area contributed by atoms with Gasteiger partial charge in [0.2, 0.25) is 0 Å². The Hall–Kier alpha value is -2.79. The number of nitrogen functional groups attached to an aromatic ring is 2. The minimum atomic E-state index is -1.25. The smallest absolute Gasteiger partial charge is 0.337 e. The third-order valence-corrected chi connectivity index (χ3v) is 3.83. The van der Waals surface area contributed by atoms with Crippen LogP contribution in [0.1, 0.15) is 41.4 Å². The maximum absolute atomic E-state index is 10.6. The van der Waals surface area contributed by atoms with Gasteiger partial charge in [-0.1, -0.05) is 23.2 Å². The van der Waals surface area contributed by atoms with Crippen LogP contribution in [0.25, 0.3) is 0 Å². The zero-order valence-electron chi connectivity index (χ0n) is 14.1. The van der Waals surface area contributed by atoms with Gasteiger partial charge in [-0.25, -0.2) is 19.2 Å². The van der Waals surface area contributed by atoms with E-state index in [2.05, 4.69) is 0 Å². The van der Waals surface area contributed by atoms with Gasteiger partial charge >= 0.3 is 23.9 Å². The number of carboxylic acid groups (broad SMARTS) is 4. The standard InChI is InChI=1S/2C8H6ClNO4.Ti/c2*9-5-1-4(8(13)14)6(10)2-3(5)7(11)12;/h2*1-2H,10H2,(H,11,12)(H,13,14);. The van der Waals surface area contributed by atoms with Crippen LogP contribution >= 0.6 is 23.2 Å². The van der Waals surface area contributed by atoms with Crippen LogP contribution in [0.2, 0.25) is 10.0 Å². The van der Waals surface area contributed by atoms with Crippen molar-refractivity contribution in [2.45, 2.75) is 0 Å². The molecular formula is C16H12Cl2N2O8Ti. The molecule has 10 nitrogen and oxygen atoms in total. The molecule has 8 N–H and O–H groups in total. The monoisotopic (exact) mass is 478 g/mol. The molecule has 0 bridgehead atoms. The molecule has 0 heterocycles. The minimum Gasteiger partial charge on any atom is -0.478 e. The molecule has 2 rings (SSSR count). The number of aromatic carboxylic acids is 4. The molecule has 0 unspecified atom stereocenters. The number of nitrogens with two attached hydrogens (primary N) is 2. The summed E-state index contributed by atoms with van der Waals surface area (Å²) < 4.78 is 0. The van der Waals surface area contributed by atoms with Gasteiger partial charge in [-0.3, -0.25) is 0 Å². The molecular weight excluding hydrogens is 467 g/mol. The van der Waals surface area contributed by atoms with Crippen LogP contribution < -0.4 is 11.5 Å². The van der Waals surface area contributed by atoms with E-state index in [4.69, 9.17) is 55.1 Å². The van der Waals surface area contributed by atoms with Gasteiger partial charge < -0.3 is 31.9 Å². The van der Waals surface area contributed by atoms with Crippen LogP contribution in [0, 0.1) is 0 Å². The Morgan fingerprint density at radius 2 is 0.828 bits per heavy atom. The Morgan fingerprint density at radius 3 is 1.03 bits per heavy atom. The molecule has 13 heteroatoms. The molecule has 0 saturated heterocycles. The molecule has 29 heavy (non-hydrogen) atoms. The number of benzene rings is 2. The van der Waals surface area contributed by atoms with E-state index in [1.54, 1.807) is 0 Å². The normalized spacial score (nSPS) is 9.45. The van der Waals surface area contributed by atoms with E-state index in [1.807, 2.05) is 0 Å². The summed E-state index contributed by atoms with van der Waals surface area (Å²) >= 11 is 11.1. The Balaban J connectivity index is 0.000000523. The maximum atomic E-state index is 10.6. The van der Waals surface area contributed by atoms with Crippen molar-refractivity contribution in [3.63, 3.8) is 0 Å². The summed E-state index contributed by atoms with van der Waals surface area (Å²) in [5, 5.41) is 34.2. The second kappa shape index (κ2) is 10.7. The van der Waals surface area contributed by atoms with Gasteiger partial charge in [-0.2, -0.15) is 0 Å². The van der Waals surface area contributed by atoms with Gasteiger partial charge in [0, 0.05) is 33.1 Å². The molecule has 2 aromatic carbocycles. The van der Waals surface area contributed by atoms with Crippen molar-refractivity contribution in [3.8, 4) is 0 Å². The van der Waals surface area contributed by atoms with Crippen molar-refractivity contribution in [3.05, 3.63) is 56.6 Å². The number of hydrogen-bond donors (Lipinski definition) is 6. The molecule has 0 atom stereocenters. The van der Waals surface area contributed by atoms with Gasteiger partial charge in [0.25, 0.3) is 0 Å². The summed E-state index contributed by atoms with van der Waals surface area (Å²) in [6, 6.07) is 4.08. The third-order valence-electron chi connectivity index (χ3n) is 3.20. The van der Waals surface area contributed by atoms with E-state index < -0.39 is 23.9 Å². The minimum absolute atomic E-state index is 0. The Morgan fingerprint density at radius 1 is 0.586 bits per heavy atom. The summed E-state index contributed by atoms with van der Waals surface area (Å²) in [6.07, 6.45) is 0. The Bertz CT molecular complexity index is 838. The molecule has 0 fully saturated rings. The van der Waals surface area contributed by atoms with Crippen molar-refractivity contribution < 1.29 is 61.3 Å². The van der Waals surface area contributed by atoms with Gasteiger partial charge in [0.15, 0.2) is 0 Å². The van der Waals surface area contributed by atoms with Gasteiger partial charge in [-0.05, 0) is 24.3 Å². The van der Waals surface area contributed by atoms with E-state index >= 15 is 0 Å². The van der Waals surface area contributed by atoms with Crippen molar-refractivity contribution in [2.75, 3.05) is 11.5 Å². The van der Waals surface area contributed by atoms with E-state index in [1.165, 1.54) is 0 Å². The van der Waals surface area contributed by atoms with Gasteiger partial charge in [0.05, 0.1) is 32.3 Å². The largest absolute Gasteiger partial charge is 0.478 e. The van der Waals surface area contributed by atoms with Crippen molar-refractivity contribution in [2.24, 2.45) is 0 Å². The predicted octanol–water partition coefficient (Wildman–Crippen LogP) is 2.63. The summed E-state index contributed by atoms with van der Waals surface area (Å²) in [5.74, 6) is -5.00. The summed E-state index contributed by atoms with van der Waals surface area (Å²) in [5.41, 5.74) is 9.56. The van der Waals surface area contributed by atoms with Gasteiger partial charge in [0.1, 0.15) is 0 Å². The van der Waals surface area contributed by atoms with E-state index in [0.717, 1.165) is 24.3 Å². The maximum Gasteiger partial charge on any atom is 0.337 e. The number of carbonyl (C=O) groups is 4. The Kier molecular flexibility index (Phi) is 9.65. The van der Waals surface area contributed by atoms with Crippen molar-refractivity contribution in [1.29, 1.82) is 0 Å². The fourth-order valence-electron chi connectivity index (χ4n) is 1.88. The number of rotatable bonds is 4. The van der Waals surface area contributed by atoms with E-state index in [0.29, 0.717) is 0 Å². The molecule has 0 aliphatic heterocycles. The fraction of sp³-hybridized carbons (Fsp3) is 0. The molecule has 0 aromatic heterocycles. The van der Waals surface area contributed by atoms with Crippen LogP contribution in [0.3, 0.4) is 0 Å². The average Bonchev–Trinajstić information content (AvgIpc) is 2.57. The van der Waals surface area contributed by atoms with Gasteiger partial charge in [-0.15, -0.1) is 0 Å². The predicted molar refractivity (Wildman–Crippen MR) is 99.6 cm³/mol. The van der Waals surface area contributed by atoms with Crippen LogP contribution in [0.4, 0.5) is 11.4 Å². The Labute approximate surface area is 187 Å². The molecule has 2 aromatic rings. The number of hydrogen-bond acceptors (Lipinski definition) is 6. The summed E-state index contributed by atoms with van der Waals surface area (Å²) in [6.45, 7) is 0. The van der Waals surface area contributed by atoms with Crippen molar-refractivity contribution >= 4 is 58.5 Å². The SMILES string of the molecule is Nc1cc(C(=O)O)c(Cl)cc1C(=O)O.Nc1cc(C(=O)O)c(Cl)cc1C(=O)O.[Ti]. The molecule has 0 radical (unpaired) electrons. The number of halogens is 2. The first-order valence-electron chi connectivity index (χ1n) is 6.98. The molecule has 0 aliphatic carbocycles. The second-order valence-corrected chi connectivity index (χ2v) is 5.87. The van der Waals surface area contributed by atoms with Crippen molar-refractivity contribution in [1.82, 2.24) is 0 Å². The topological polar surface area (TPSA) is 201 Å². The van der Waals surface area contributed by atoms with E-state index in [9.17, 15) is 19.2 Å². The second-order valence-electron chi connectivity index (χ2n) is 5.06. The summed E-state index contributed by atoms with van der Waals surface area (Å²) in [7, 11) is 0. The zero-order valence-corrected chi connectivity index (χ0v) is 17.2. The van der Waals surface area contributed by atoms with Crippen LogP contribution in [0.5, 0.6) is 0 Å². The van der Waals surface area contributed by atoms with Crippen LogP contribution in [-0.4, -0.2) is 44.3 Å². The molecule has 0 amide bonds. The first-order valence-corrected chi connectivity index (χ1v) is 7.73.